The molecule has 1 amide bonds. The number of thiazole rings is 1. The van der Waals surface area contributed by atoms with Gasteiger partial charge in [-0.05, 0) is 56.6 Å². The van der Waals surface area contributed by atoms with Crippen LogP contribution < -0.4 is 5.32 Å². The van der Waals surface area contributed by atoms with E-state index in [-0.39, 0.29) is 30.6 Å². The van der Waals surface area contributed by atoms with Gasteiger partial charge in [0.2, 0.25) is 0 Å². The molecule has 6 nitrogen and oxygen atoms in total. The van der Waals surface area contributed by atoms with Crippen LogP contribution in [0.1, 0.15) is 49.1 Å². The summed E-state index contributed by atoms with van der Waals surface area (Å²) in [4.78, 5) is 29.9. The molecule has 0 bridgehead atoms. The van der Waals surface area contributed by atoms with E-state index >= 15 is 0 Å². The first-order valence-electron chi connectivity index (χ1n) is 12.1. The van der Waals surface area contributed by atoms with Crippen molar-refractivity contribution < 1.29 is 19.1 Å². The van der Waals surface area contributed by atoms with E-state index in [1.807, 2.05) is 50.2 Å². The Hall–Kier alpha value is -3.19. The van der Waals surface area contributed by atoms with Gasteiger partial charge in [-0.3, -0.25) is 9.78 Å². The standard InChI is InChI=1S/C28H34N2O4S/c1-21(2)34-27(31)17-24(15-22-9-5-3-6-10-22)13-14-25(16-23-11-7-4-8-12-23)30-28(32)33-19-26-18-29-20-35-26/h3-12,18,20-21,24-25H,13-17,19H2,1-2H3,(H,30,32)/t24-,25-/m1/s1. The van der Waals surface area contributed by atoms with Crippen molar-refractivity contribution in [2.75, 3.05) is 0 Å². The van der Waals surface area contributed by atoms with E-state index in [1.165, 1.54) is 16.9 Å². The van der Waals surface area contributed by atoms with Crippen molar-refractivity contribution in [3.05, 3.63) is 88.4 Å². The lowest BCUT2D eigenvalue weighted by atomic mass is 9.89. The first-order valence-corrected chi connectivity index (χ1v) is 12.9. The van der Waals surface area contributed by atoms with Gasteiger partial charge in [0.1, 0.15) is 6.61 Å². The Morgan fingerprint density at radius 2 is 1.60 bits per heavy atom. The van der Waals surface area contributed by atoms with Gasteiger partial charge in [0.25, 0.3) is 0 Å². The van der Waals surface area contributed by atoms with E-state index in [0.717, 1.165) is 29.7 Å². The van der Waals surface area contributed by atoms with Crippen LogP contribution in [-0.2, 0) is 33.7 Å². The molecule has 1 N–H and O–H groups in total. The second kappa shape index (κ2) is 14.3. The summed E-state index contributed by atoms with van der Waals surface area (Å²) in [5.74, 6) is -0.0746. The fourth-order valence-electron chi connectivity index (χ4n) is 3.99. The Kier molecular flexibility index (Phi) is 10.8. The van der Waals surface area contributed by atoms with Gasteiger partial charge in [-0.15, -0.1) is 11.3 Å². The molecule has 0 saturated carbocycles. The second-order valence-electron chi connectivity index (χ2n) is 8.95. The van der Waals surface area contributed by atoms with Crippen molar-refractivity contribution in [2.24, 2.45) is 5.92 Å². The number of benzene rings is 2. The number of esters is 1. The Morgan fingerprint density at radius 3 is 2.20 bits per heavy atom. The Labute approximate surface area is 211 Å². The summed E-state index contributed by atoms with van der Waals surface area (Å²) < 4.78 is 10.8. The first-order chi connectivity index (χ1) is 17.0. The van der Waals surface area contributed by atoms with Crippen molar-refractivity contribution in [3.63, 3.8) is 0 Å². The number of alkyl carbamates (subject to hydrolysis) is 1. The SMILES string of the molecule is CC(C)OC(=O)C[C@H](CC[C@H](Cc1ccccc1)NC(=O)OCc1cncs1)Cc1ccccc1. The summed E-state index contributed by atoms with van der Waals surface area (Å²) in [5, 5.41) is 3.04. The van der Waals surface area contributed by atoms with Crippen molar-refractivity contribution in [2.45, 2.75) is 64.7 Å². The molecule has 2 atom stereocenters. The zero-order chi connectivity index (χ0) is 24.9. The molecule has 0 spiro atoms. The van der Waals surface area contributed by atoms with Crippen LogP contribution in [-0.4, -0.2) is 29.2 Å². The summed E-state index contributed by atoms with van der Waals surface area (Å²) >= 11 is 1.45. The number of carbonyl (C=O) groups is 2. The number of amides is 1. The van der Waals surface area contributed by atoms with Crippen LogP contribution in [0.4, 0.5) is 4.79 Å². The summed E-state index contributed by atoms with van der Waals surface area (Å²) in [5.41, 5.74) is 4.04. The Balaban J connectivity index is 1.64. The van der Waals surface area contributed by atoms with E-state index in [1.54, 1.807) is 11.7 Å². The van der Waals surface area contributed by atoms with Gasteiger partial charge in [-0.25, -0.2) is 4.79 Å². The molecule has 2 aromatic carbocycles. The Bertz CT molecular complexity index is 1010. The van der Waals surface area contributed by atoms with E-state index in [9.17, 15) is 9.59 Å². The van der Waals surface area contributed by atoms with Crippen LogP contribution in [0.15, 0.2) is 72.4 Å². The third-order valence-corrected chi connectivity index (χ3v) is 6.34. The predicted molar refractivity (Wildman–Crippen MR) is 138 cm³/mol. The minimum Gasteiger partial charge on any atom is -0.463 e. The molecular formula is C28H34N2O4S. The van der Waals surface area contributed by atoms with Gasteiger partial charge in [-0.2, -0.15) is 0 Å². The number of aromatic nitrogens is 1. The third kappa shape index (κ3) is 10.3. The highest BCUT2D eigenvalue weighted by molar-refractivity contribution is 7.09. The summed E-state index contributed by atoms with van der Waals surface area (Å²) in [7, 11) is 0. The number of rotatable bonds is 13. The molecule has 0 aliphatic carbocycles. The molecule has 35 heavy (non-hydrogen) atoms. The van der Waals surface area contributed by atoms with E-state index < -0.39 is 6.09 Å². The average molecular weight is 495 g/mol. The zero-order valence-corrected chi connectivity index (χ0v) is 21.2. The lowest BCUT2D eigenvalue weighted by Gasteiger charge is -2.23. The third-order valence-electron chi connectivity index (χ3n) is 5.59. The largest absolute Gasteiger partial charge is 0.463 e. The Morgan fingerprint density at radius 1 is 0.943 bits per heavy atom. The normalized spacial score (nSPS) is 12.7. The number of nitrogens with one attached hydrogen (secondary N) is 1. The number of ether oxygens (including phenoxy) is 2. The van der Waals surface area contributed by atoms with Gasteiger partial charge in [0.15, 0.2) is 0 Å². The van der Waals surface area contributed by atoms with Gasteiger partial charge in [-0.1, -0.05) is 60.7 Å². The molecule has 0 aliphatic heterocycles. The highest BCUT2D eigenvalue weighted by atomic mass is 32.1. The molecule has 3 rings (SSSR count). The molecule has 7 heteroatoms. The predicted octanol–water partition coefficient (Wildman–Crippen LogP) is 5.96. The van der Waals surface area contributed by atoms with Crippen LogP contribution in [0, 0.1) is 5.92 Å². The number of carbonyl (C=O) groups excluding carboxylic acids is 2. The smallest absolute Gasteiger partial charge is 0.407 e. The highest BCUT2D eigenvalue weighted by Gasteiger charge is 2.21. The fraction of sp³-hybridized carbons (Fsp3) is 0.393. The molecule has 3 aromatic rings. The fourth-order valence-corrected chi connectivity index (χ4v) is 4.50. The summed E-state index contributed by atoms with van der Waals surface area (Å²) in [6.45, 7) is 3.93. The number of hydrogen-bond donors (Lipinski definition) is 1. The monoisotopic (exact) mass is 494 g/mol. The van der Waals surface area contributed by atoms with Gasteiger partial charge in [0.05, 0.1) is 16.5 Å². The molecule has 1 heterocycles. The molecule has 1 aromatic heterocycles. The lowest BCUT2D eigenvalue weighted by molar-refractivity contribution is -0.148. The minimum atomic E-state index is -0.446. The average Bonchev–Trinajstić information content (AvgIpc) is 3.36. The molecule has 0 fully saturated rings. The maximum Gasteiger partial charge on any atom is 0.407 e. The van der Waals surface area contributed by atoms with E-state index in [0.29, 0.717) is 12.8 Å². The zero-order valence-electron chi connectivity index (χ0n) is 20.4. The van der Waals surface area contributed by atoms with Crippen LogP contribution in [0.2, 0.25) is 0 Å². The second-order valence-corrected chi connectivity index (χ2v) is 9.92. The molecule has 0 radical (unpaired) electrons. The van der Waals surface area contributed by atoms with Crippen LogP contribution in [0.25, 0.3) is 0 Å². The van der Waals surface area contributed by atoms with E-state index in [2.05, 4.69) is 34.6 Å². The maximum absolute atomic E-state index is 12.6. The highest BCUT2D eigenvalue weighted by Crippen LogP contribution is 2.21. The summed E-state index contributed by atoms with van der Waals surface area (Å²) in [6, 6.07) is 20.1. The first kappa shape index (κ1) is 26.4. The topological polar surface area (TPSA) is 77.5 Å². The molecule has 186 valence electrons. The van der Waals surface area contributed by atoms with Crippen molar-refractivity contribution >= 4 is 23.4 Å². The number of nitrogens with zero attached hydrogens (tertiary/aromatic N) is 1. The summed E-state index contributed by atoms with van der Waals surface area (Å²) in [6.07, 6.45) is 4.42. The van der Waals surface area contributed by atoms with Crippen LogP contribution in [0.3, 0.4) is 0 Å². The molecular weight excluding hydrogens is 460 g/mol. The van der Waals surface area contributed by atoms with Crippen molar-refractivity contribution in [3.8, 4) is 0 Å². The lowest BCUT2D eigenvalue weighted by Crippen LogP contribution is -2.37. The quantitative estimate of drug-likeness (QED) is 0.297. The van der Waals surface area contributed by atoms with Crippen LogP contribution >= 0.6 is 11.3 Å². The molecule has 0 unspecified atom stereocenters. The van der Waals surface area contributed by atoms with E-state index in [4.69, 9.17) is 9.47 Å². The number of hydrogen-bond acceptors (Lipinski definition) is 6. The molecule has 0 saturated heterocycles. The van der Waals surface area contributed by atoms with Crippen LogP contribution in [0.5, 0.6) is 0 Å². The van der Waals surface area contributed by atoms with Gasteiger partial charge in [0, 0.05) is 18.7 Å². The maximum atomic E-state index is 12.6. The molecule has 0 aliphatic rings. The minimum absolute atomic E-state index is 0.108. The van der Waals surface area contributed by atoms with Crippen molar-refractivity contribution in [1.29, 1.82) is 0 Å². The van der Waals surface area contributed by atoms with Gasteiger partial charge >= 0.3 is 12.1 Å². The van der Waals surface area contributed by atoms with Gasteiger partial charge < -0.3 is 14.8 Å². The van der Waals surface area contributed by atoms with Crippen molar-refractivity contribution in [1.82, 2.24) is 10.3 Å².